The number of carbonyl (C=O) groups is 2. The summed E-state index contributed by atoms with van der Waals surface area (Å²) in [5.74, 6) is -0.560. The highest BCUT2D eigenvalue weighted by Crippen LogP contribution is 2.17. The molecule has 1 aliphatic rings. The summed E-state index contributed by atoms with van der Waals surface area (Å²) in [6, 6.07) is 6.39. The zero-order chi connectivity index (χ0) is 19.3. The number of benzene rings is 1. The fourth-order valence-electron chi connectivity index (χ4n) is 2.99. The molecule has 0 saturated carbocycles. The lowest BCUT2D eigenvalue weighted by Crippen LogP contribution is -2.48. The number of carbonyl (C=O) groups excluding carboxylic acids is 2. The van der Waals surface area contributed by atoms with Crippen LogP contribution in [0.1, 0.15) is 46.1 Å². The molecule has 1 N–H and O–H groups in total. The molecule has 26 heavy (non-hydrogen) atoms. The Kier molecular flexibility index (Phi) is 6.62. The van der Waals surface area contributed by atoms with Crippen LogP contribution < -0.4 is 5.32 Å². The Morgan fingerprint density at radius 2 is 1.96 bits per heavy atom. The molecule has 1 atom stereocenters. The lowest BCUT2D eigenvalue weighted by Gasteiger charge is -2.34. The fourth-order valence-corrected chi connectivity index (χ4v) is 2.99. The van der Waals surface area contributed by atoms with Crippen LogP contribution in [0.25, 0.3) is 0 Å². The van der Waals surface area contributed by atoms with E-state index in [1.165, 1.54) is 12.1 Å². The van der Waals surface area contributed by atoms with Gasteiger partial charge in [-0.05, 0) is 57.7 Å². The van der Waals surface area contributed by atoms with E-state index in [2.05, 4.69) is 5.32 Å². The number of nitrogens with zero attached hydrogens (tertiary/aromatic N) is 1. The quantitative estimate of drug-likeness (QED) is 0.889. The molecule has 144 valence electrons. The molecule has 1 saturated heterocycles. The van der Waals surface area contributed by atoms with Gasteiger partial charge in [-0.3, -0.25) is 4.79 Å². The molecular weight excluding hydrogens is 335 g/mol. The first-order valence-electron chi connectivity index (χ1n) is 9.17. The van der Waals surface area contributed by atoms with Gasteiger partial charge in [0.25, 0.3) is 0 Å². The van der Waals surface area contributed by atoms with Crippen molar-refractivity contribution in [1.29, 1.82) is 0 Å². The third kappa shape index (κ3) is 6.32. The predicted molar refractivity (Wildman–Crippen MR) is 98.2 cm³/mol. The zero-order valence-corrected chi connectivity index (χ0v) is 16.0. The summed E-state index contributed by atoms with van der Waals surface area (Å²) < 4.78 is 18.6. The van der Waals surface area contributed by atoms with Gasteiger partial charge in [0.05, 0.1) is 0 Å². The Morgan fingerprint density at radius 1 is 1.31 bits per heavy atom. The summed E-state index contributed by atoms with van der Waals surface area (Å²) in [5.41, 5.74) is 0.307. The van der Waals surface area contributed by atoms with Crippen LogP contribution >= 0.6 is 0 Å². The molecule has 1 aromatic carbocycles. The van der Waals surface area contributed by atoms with Crippen LogP contribution in [0.15, 0.2) is 24.3 Å². The highest BCUT2D eigenvalue weighted by atomic mass is 19.1. The van der Waals surface area contributed by atoms with Gasteiger partial charge in [0.2, 0.25) is 5.91 Å². The number of piperidine rings is 1. The minimum atomic E-state index is -0.505. The maximum Gasteiger partial charge on any atom is 0.410 e. The van der Waals surface area contributed by atoms with Crippen LogP contribution in [0.3, 0.4) is 0 Å². The number of amides is 2. The molecule has 2 rings (SSSR count). The van der Waals surface area contributed by atoms with Gasteiger partial charge < -0.3 is 15.0 Å². The van der Waals surface area contributed by atoms with E-state index in [0.29, 0.717) is 32.4 Å². The molecule has 1 aliphatic heterocycles. The summed E-state index contributed by atoms with van der Waals surface area (Å²) in [7, 11) is 0. The number of halogens is 1. The maximum atomic E-state index is 13.3. The normalized spacial score (nSPS) is 16.9. The summed E-state index contributed by atoms with van der Waals surface area (Å²) >= 11 is 0. The van der Waals surface area contributed by atoms with Crippen molar-refractivity contribution in [2.75, 3.05) is 13.1 Å². The van der Waals surface area contributed by atoms with Crippen molar-refractivity contribution in [2.24, 2.45) is 5.92 Å². The van der Waals surface area contributed by atoms with Crippen LogP contribution in [-0.2, 0) is 16.0 Å². The Balaban J connectivity index is 1.77. The molecule has 6 heteroatoms. The van der Waals surface area contributed by atoms with Gasteiger partial charge in [0, 0.05) is 25.0 Å². The summed E-state index contributed by atoms with van der Waals surface area (Å²) in [6.45, 7) is 8.51. The van der Waals surface area contributed by atoms with Crippen LogP contribution in [0.4, 0.5) is 9.18 Å². The SMILES string of the molecule is CC(Cc1cccc(F)c1)C(=O)NC1CCN(C(=O)OC(C)(C)C)CC1. The predicted octanol–water partition coefficient (Wildman–Crippen LogP) is 3.52. The Hall–Kier alpha value is -2.11. The number of hydrogen-bond acceptors (Lipinski definition) is 3. The van der Waals surface area contributed by atoms with Gasteiger partial charge in [-0.25, -0.2) is 9.18 Å². The second-order valence-electron chi connectivity index (χ2n) is 7.99. The third-order valence-electron chi connectivity index (χ3n) is 4.37. The van der Waals surface area contributed by atoms with E-state index in [0.717, 1.165) is 5.56 Å². The smallest absolute Gasteiger partial charge is 0.410 e. The van der Waals surface area contributed by atoms with Gasteiger partial charge in [-0.1, -0.05) is 19.1 Å². The summed E-state index contributed by atoms with van der Waals surface area (Å²) in [4.78, 5) is 26.1. The van der Waals surface area contributed by atoms with E-state index in [9.17, 15) is 14.0 Å². The number of hydrogen-bond donors (Lipinski definition) is 1. The van der Waals surface area contributed by atoms with E-state index in [1.54, 1.807) is 11.0 Å². The Labute approximate surface area is 154 Å². The fraction of sp³-hybridized carbons (Fsp3) is 0.600. The van der Waals surface area contributed by atoms with Crippen molar-refractivity contribution in [3.8, 4) is 0 Å². The molecule has 1 aromatic rings. The van der Waals surface area contributed by atoms with Gasteiger partial charge in [-0.2, -0.15) is 0 Å². The molecular formula is C20H29FN2O3. The van der Waals surface area contributed by atoms with Gasteiger partial charge in [0.1, 0.15) is 11.4 Å². The highest BCUT2D eigenvalue weighted by molar-refractivity contribution is 5.79. The van der Waals surface area contributed by atoms with Crippen LogP contribution in [0.5, 0.6) is 0 Å². The van der Waals surface area contributed by atoms with Crippen LogP contribution in [-0.4, -0.2) is 41.6 Å². The van der Waals surface area contributed by atoms with Gasteiger partial charge in [-0.15, -0.1) is 0 Å². The van der Waals surface area contributed by atoms with E-state index in [-0.39, 0.29) is 29.8 Å². The lowest BCUT2D eigenvalue weighted by atomic mass is 9.98. The van der Waals surface area contributed by atoms with Crippen molar-refractivity contribution >= 4 is 12.0 Å². The molecule has 0 aliphatic carbocycles. The molecule has 1 unspecified atom stereocenters. The second kappa shape index (κ2) is 8.52. The maximum absolute atomic E-state index is 13.3. The molecule has 0 bridgehead atoms. The first-order valence-corrected chi connectivity index (χ1v) is 9.17. The van der Waals surface area contributed by atoms with Gasteiger partial charge >= 0.3 is 6.09 Å². The molecule has 5 nitrogen and oxygen atoms in total. The first kappa shape index (κ1) is 20.2. The third-order valence-corrected chi connectivity index (χ3v) is 4.37. The lowest BCUT2D eigenvalue weighted by molar-refractivity contribution is -0.125. The van der Waals surface area contributed by atoms with E-state index >= 15 is 0 Å². The van der Waals surface area contributed by atoms with Crippen molar-refractivity contribution in [2.45, 2.75) is 58.6 Å². The summed E-state index contributed by atoms with van der Waals surface area (Å²) in [5, 5.41) is 3.05. The Bertz CT molecular complexity index is 634. The van der Waals surface area contributed by atoms with Crippen LogP contribution in [0.2, 0.25) is 0 Å². The largest absolute Gasteiger partial charge is 0.444 e. The molecule has 2 amide bonds. The number of ether oxygens (including phenoxy) is 1. The molecule has 0 aromatic heterocycles. The van der Waals surface area contributed by atoms with Crippen molar-refractivity contribution < 1.29 is 18.7 Å². The van der Waals surface area contributed by atoms with Crippen molar-refractivity contribution in [3.05, 3.63) is 35.6 Å². The summed E-state index contributed by atoms with van der Waals surface area (Å²) in [6.07, 6.45) is 1.61. The standard InChI is InChI=1S/C20H29FN2O3/c1-14(12-15-6-5-7-16(21)13-15)18(24)22-17-8-10-23(11-9-17)19(25)26-20(2,3)4/h5-7,13-14,17H,8-12H2,1-4H3,(H,22,24). The van der Waals surface area contributed by atoms with Crippen molar-refractivity contribution in [1.82, 2.24) is 10.2 Å². The second-order valence-corrected chi connectivity index (χ2v) is 7.99. The molecule has 1 heterocycles. The highest BCUT2D eigenvalue weighted by Gasteiger charge is 2.28. The van der Waals surface area contributed by atoms with E-state index < -0.39 is 5.60 Å². The average Bonchev–Trinajstić information content (AvgIpc) is 2.53. The van der Waals surface area contributed by atoms with Gasteiger partial charge in [0.15, 0.2) is 0 Å². The number of likely N-dealkylation sites (tertiary alicyclic amines) is 1. The first-order chi connectivity index (χ1) is 12.1. The molecule has 0 radical (unpaired) electrons. The van der Waals surface area contributed by atoms with Crippen LogP contribution in [0, 0.1) is 11.7 Å². The minimum absolute atomic E-state index is 0.0371. The monoisotopic (exact) mass is 364 g/mol. The number of nitrogens with one attached hydrogen (secondary N) is 1. The van der Waals surface area contributed by atoms with Crippen molar-refractivity contribution in [3.63, 3.8) is 0 Å². The average molecular weight is 364 g/mol. The zero-order valence-electron chi connectivity index (χ0n) is 16.0. The molecule has 1 fully saturated rings. The van der Waals surface area contributed by atoms with E-state index in [1.807, 2.05) is 33.8 Å². The minimum Gasteiger partial charge on any atom is -0.444 e. The Morgan fingerprint density at radius 3 is 2.54 bits per heavy atom. The van der Waals surface area contributed by atoms with E-state index in [4.69, 9.17) is 4.74 Å². The molecule has 0 spiro atoms. The topological polar surface area (TPSA) is 58.6 Å². The number of rotatable bonds is 4.